The molecule has 0 aliphatic carbocycles. The lowest BCUT2D eigenvalue weighted by molar-refractivity contribution is -0.385. The van der Waals surface area contributed by atoms with Gasteiger partial charge in [0.25, 0.3) is 11.6 Å². The average molecular weight is 353 g/mol. The smallest absolute Gasteiger partial charge is 0.270 e. The van der Waals surface area contributed by atoms with Crippen molar-refractivity contribution in [3.63, 3.8) is 0 Å². The fourth-order valence-electron chi connectivity index (χ4n) is 2.29. The number of benzene rings is 2. The van der Waals surface area contributed by atoms with Gasteiger partial charge in [-0.1, -0.05) is 29.2 Å². The van der Waals surface area contributed by atoms with Crippen LogP contribution in [0.25, 0.3) is 11.0 Å². The molecule has 0 saturated heterocycles. The number of nitro benzene ring substituents is 1. The van der Waals surface area contributed by atoms with E-state index >= 15 is 0 Å². The second kappa shape index (κ2) is 6.97. The van der Waals surface area contributed by atoms with Crippen molar-refractivity contribution in [2.24, 2.45) is 5.10 Å². The highest BCUT2D eigenvalue weighted by molar-refractivity contribution is 5.87. The van der Waals surface area contributed by atoms with E-state index in [1.165, 1.54) is 4.68 Å². The Kier molecular flexibility index (Phi) is 4.56. The van der Waals surface area contributed by atoms with Crippen LogP contribution >= 0.6 is 0 Å². The molecule has 10 heteroatoms. The summed E-state index contributed by atoms with van der Waals surface area (Å²) in [5.74, 6) is -0.918. The number of hydrogen-bond donors (Lipinski definition) is 1. The maximum Gasteiger partial charge on any atom is 0.270 e. The molecule has 0 aliphatic heterocycles. The predicted octanol–water partition coefficient (Wildman–Crippen LogP) is 1.12. The molecule has 26 heavy (non-hydrogen) atoms. The Balaban J connectivity index is 1.73. The maximum absolute atomic E-state index is 12.2. The van der Waals surface area contributed by atoms with E-state index in [1.807, 2.05) is 12.1 Å². The molecule has 1 amide bonds. The fraction of sp³-hybridized carbons (Fsp3) is 0.125. The Hall–Kier alpha value is -3.82. The minimum Gasteiger partial charge on any atom is -0.872 e. The first kappa shape index (κ1) is 17.0. The minimum absolute atomic E-state index is 0.00152. The summed E-state index contributed by atoms with van der Waals surface area (Å²) in [5, 5.41) is 34.1. The Morgan fingerprint density at radius 1 is 1.35 bits per heavy atom. The largest absolute Gasteiger partial charge is 0.872 e. The number of rotatable bonds is 5. The number of para-hydroxylation sites is 1. The first-order valence-electron chi connectivity index (χ1n) is 7.55. The van der Waals surface area contributed by atoms with Crippen LogP contribution in [0.15, 0.2) is 47.6 Å². The van der Waals surface area contributed by atoms with Gasteiger partial charge in [0.1, 0.15) is 11.6 Å². The maximum atomic E-state index is 12.2. The summed E-state index contributed by atoms with van der Waals surface area (Å²) in [7, 11) is 0. The van der Waals surface area contributed by atoms with Gasteiger partial charge in [0.2, 0.25) is 0 Å². The molecular formula is C16H13N6O4-. The standard InChI is InChI=1S/C16H14N6O4/c1-10(21-14-5-3-2-4-13(14)18-20-21)16(24)19-17-9-11-8-12(22(25)26)6-7-15(11)23/h2-10,23H,1H3,(H,19,24)/p-1/b17-9-/t10-/m0/s1. The quantitative estimate of drug-likeness (QED) is 0.414. The zero-order valence-corrected chi connectivity index (χ0v) is 13.6. The van der Waals surface area contributed by atoms with E-state index in [-0.39, 0.29) is 11.3 Å². The van der Waals surface area contributed by atoms with Crippen molar-refractivity contribution in [2.45, 2.75) is 13.0 Å². The van der Waals surface area contributed by atoms with Crippen molar-refractivity contribution in [1.29, 1.82) is 0 Å². The number of fused-ring (bicyclic) bond motifs is 1. The first-order valence-corrected chi connectivity index (χ1v) is 7.55. The van der Waals surface area contributed by atoms with Gasteiger partial charge in [0.05, 0.1) is 16.7 Å². The van der Waals surface area contributed by atoms with Crippen LogP contribution in [0, 0.1) is 10.1 Å². The van der Waals surface area contributed by atoms with Crippen LogP contribution in [0.5, 0.6) is 5.75 Å². The van der Waals surface area contributed by atoms with Crippen LogP contribution in [0.3, 0.4) is 0 Å². The van der Waals surface area contributed by atoms with E-state index in [1.54, 1.807) is 19.1 Å². The molecule has 0 spiro atoms. The van der Waals surface area contributed by atoms with Crippen LogP contribution in [0.4, 0.5) is 5.69 Å². The number of hydrogen-bond acceptors (Lipinski definition) is 7. The van der Waals surface area contributed by atoms with Gasteiger partial charge in [0.15, 0.2) is 0 Å². The molecule has 1 atom stereocenters. The van der Waals surface area contributed by atoms with E-state index < -0.39 is 22.6 Å². The number of hydrazone groups is 1. The highest BCUT2D eigenvalue weighted by Gasteiger charge is 2.18. The Morgan fingerprint density at radius 2 is 2.12 bits per heavy atom. The van der Waals surface area contributed by atoms with E-state index in [9.17, 15) is 20.0 Å². The van der Waals surface area contributed by atoms with Crippen LogP contribution in [0.2, 0.25) is 0 Å². The van der Waals surface area contributed by atoms with Gasteiger partial charge in [-0.05, 0) is 24.6 Å². The van der Waals surface area contributed by atoms with Crippen molar-refractivity contribution >= 4 is 28.8 Å². The molecule has 10 nitrogen and oxygen atoms in total. The molecule has 1 heterocycles. The number of nitrogens with zero attached hydrogens (tertiary/aromatic N) is 5. The van der Waals surface area contributed by atoms with E-state index in [2.05, 4.69) is 20.8 Å². The Morgan fingerprint density at radius 3 is 2.88 bits per heavy atom. The van der Waals surface area contributed by atoms with Crippen molar-refractivity contribution < 1.29 is 14.8 Å². The van der Waals surface area contributed by atoms with Crippen molar-refractivity contribution in [1.82, 2.24) is 20.4 Å². The highest BCUT2D eigenvalue weighted by Crippen LogP contribution is 2.19. The van der Waals surface area contributed by atoms with Gasteiger partial charge in [-0.2, -0.15) is 5.10 Å². The molecule has 1 aromatic heterocycles. The molecule has 0 unspecified atom stereocenters. The van der Waals surface area contributed by atoms with Crippen LogP contribution in [-0.4, -0.2) is 32.0 Å². The lowest BCUT2D eigenvalue weighted by atomic mass is 10.2. The Labute approximate surface area is 146 Å². The number of amides is 1. The lowest BCUT2D eigenvalue weighted by Gasteiger charge is -2.11. The summed E-state index contributed by atoms with van der Waals surface area (Å²) in [4.78, 5) is 22.4. The van der Waals surface area contributed by atoms with Crippen molar-refractivity contribution in [2.75, 3.05) is 0 Å². The molecule has 0 bridgehead atoms. The molecule has 0 radical (unpaired) electrons. The lowest BCUT2D eigenvalue weighted by Crippen LogP contribution is -2.28. The number of carbonyl (C=O) groups excluding carboxylic acids is 1. The Bertz CT molecular complexity index is 1010. The van der Waals surface area contributed by atoms with Gasteiger partial charge >= 0.3 is 0 Å². The first-order chi connectivity index (χ1) is 12.5. The zero-order chi connectivity index (χ0) is 18.7. The van der Waals surface area contributed by atoms with Gasteiger partial charge in [-0.3, -0.25) is 14.9 Å². The molecular weight excluding hydrogens is 340 g/mol. The fourth-order valence-corrected chi connectivity index (χ4v) is 2.29. The zero-order valence-electron chi connectivity index (χ0n) is 13.6. The van der Waals surface area contributed by atoms with E-state index in [0.717, 1.165) is 24.4 Å². The molecule has 132 valence electrons. The van der Waals surface area contributed by atoms with Gasteiger partial charge in [0, 0.05) is 12.1 Å². The summed E-state index contributed by atoms with van der Waals surface area (Å²) in [6, 6.07) is 9.76. The second-order valence-electron chi connectivity index (χ2n) is 5.41. The number of aromatic nitrogens is 3. The summed E-state index contributed by atoms with van der Waals surface area (Å²) < 4.78 is 1.45. The van der Waals surface area contributed by atoms with Crippen molar-refractivity contribution in [3.05, 3.63) is 58.1 Å². The minimum atomic E-state index is -0.698. The predicted molar refractivity (Wildman–Crippen MR) is 90.5 cm³/mol. The summed E-state index contributed by atoms with van der Waals surface area (Å²) >= 11 is 0. The third kappa shape index (κ3) is 3.34. The number of nitro groups is 1. The van der Waals surface area contributed by atoms with Crippen LogP contribution in [-0.2, 0) is 4.79 Å². The van der Waals surface area contributed by atoms with Crippen LogP contribution in [0.1, 0.15) is 18.5 Å². The number of carbonyl (C=O) groups is 1. The van der Waals surface area contributed by atoms with Crippen LogP contribution < -0.4 is 10.5 Å². The third-order valence-electron chi connectivity index (χ3n) is 3.71. The van der Waals surface area contributed by atoms with Gasteiger partial charge < -0.3 is 5.11 Å². The molecule has 3 rings (SSSR count). The van der Waals surface area contributed by atoms with E-state index in [0.29, 0.717) is 11.0 Å². The SMILES string of the molecule is C[C@@H](C(=O)N/N=C\c1cc([N+](=O)[O-])ccc1[O-])n1nnc2ccccc21. The average Bonchev–Trinajstić information content (AvgIpc) is 3.06. The summed E-state index contributed by atoms with van der Waals surface area (Å²) in [6.07, 6.45) is 1.07. The normalized spacial score (nSPS) is 12.3. The summed E-state index contributed by atoms with van der Waals surface area (Å²) in [6.45, 7) is 1.62. The molecule has 3 aromatic rings. The van der Waals surface area contributed by atoms with Crippen molar-refractivity contribution in [3.8, 4) is 5.75 Å². The monoisotopic (exact) mass is 353 g/mol. The molecule has 1 N–H and O–H groups in total. The summed E-state index contributed by atoms with van der Waals surface area (Å²) in [5.41, 5.74) is 3.41. The number of non-ortho nitro benzene ring substituents is 1. The van der Waals surface area contributed by atoms with Gasteiger partial charge in [-0.25, -0.2) is 10.1 Å². The second-order valence-corrected chi connectivity index (χ2v) is 5.41. The van der Waals surface area contributed by atoms with Gasteiger partial charge in [-0.15, -0.1) is 5.10 Å². The topological polar surface area (TPSA) is 138 Å². The highest BCUT2D eigenvalue weighted by atomic mass is 16.6. The molecule has 0 fully saturated rings. The van der Waals surface area contributed by atoms with E-state index in [4.69, 9.17) is 0 Å². The molecule has 0 aliphatic rings. The molecule has 2 aromatic carbocycles. The number of nitrogens with one attached hydrogen (secondary N) is 1. The third-order valence-corrected chi connectivity index (χ3v) is 3.71. The molecule has 0 saturated carbocycles.